The second-order valence-corrected chi connectivity index (χ2v) is 24.2. The molecule has 0 radical (unpaired) electrons. The van der Waals surface area contributed by atoms with Gasteiger partial charge >= 0.3 is 299 Å². The average molecular weight is 864 g/mol. The predicted octanol–water partition coefficient (Wildman–Crippen LogP) is 11.4. The van der Waals surface area contributed by atoms with Gasteiger partial charge in [-0.2, -0.15) is 0 Å². The molecule has 0 unspecified atom stereocenters. The van der Waals surface area contributed by atoms with Crippen molar-refractivity contribution in [3.8, 4) is 45.1 Å². The Morgan fingerprint density at radius 1 is 0.349 bits per heavy atom. The molecule has 0 N–H and O–H groups in total. The molecule has 294 valence electrons. The summed E-state index contributed by atoms with van der Waals surface area (Å²) in [5.74, 6) is 0.754. The first kappa shape index (κ1) is 35.9. The number of benzene rings is 9. The number of aromatic nitrogens is 4. The fourth-order valence-electron chi connectivity index (χ4n) is 10.5. The van der Waals surface area contributed by atoms with Crippen molar-refractivity contribution in [3.63, 3.8) is 0 Å². The zero-order valence-electron chi connectivity index (χ0n) is 34.2. The Labute approximate surface area is 367 Å². The van der Waals surface area contributed by atoms with Gasteiger partial charge in [-0.25, -0.2) is 0 Å². The Morgan fingerprint density at radius 3 is 1.41 bits per heavy atom. The molecular formula is C58H38GeN4. The monoisotopic (exact) mass is 864 g/mol. The van der Waals surface area contributed by atoms with Gasteiger partial charge in [-0.1, -0.05) is 36.4 Å². The second-order valence-electron chi connectivity index (χ2n) is 16.5. The van der Waals surface area contributed by atoms with E-state index in [-0.39, 0.29) is 0 Å². The summed E-state index contributed by atoms with van der Waals surface area (Å²) >= 11 is -3.67. The van der Waals surface area contributed by atoms with Crippen molar-refractivity contribution in [2.24, 2.45) is 0 Å². The van der Waals surface area contributed by atoms with Gasteiger partial charge in [0.15, 0.2) is 0 Å². The molecule has 0 bridgehead atoms. The summed E-state index contributed by atoms with van der Waals surface area (Å²) in [4.78, 5) is 11.2. The van der Waals surface area contributed by atoms with Crippen molar-refractivity contribution in [1.29, 1.82) is 0 Å². The number of para-hydroxylation sites is 3. The molecular weight excluding hydrogens is 825 g/mol. The van der Waals surface area contributed by atoms with Crippen molar-refractivity contribution in [2.45, 2.75) is 0 Å². The van der Waals surface area contributed by atoms with E-state index in [0.717, 1.165) is 39.6 Å². The van der Waals surface area contributed by atoms with Gasteiger partial charge in [0.05, 0.1) is 5.52 Å². The summed E-state index contributed by atoms with van der Waals surface area (Å²) in [6.45, 7) is 0. The molecule has 12 aromatic rings. The van der Waals surface area contributed by atoms with Crippen LogP contribution in [-0.4, -0.2) is 32.4 Å². The topological polar surface area (TPSA) is 35.6 Å². The Kier molecular flexibility index (Phi) is 8.05. The Balaban J connectivity index is 1.05. The van der Waals surface area contributed by atoms with Crippen LogP contribution in [0, 0.1) is 0 Å². The van der Waals surface area contributed by atoms with E-state index >= 15 is 0 Å². The first-order chi connectivity index (χ1) is 31.3. The number of fused-ring (bicyclic) bond motifs is 9. The van der Waals surface area contributed by atoms with Gasteiger partial charge in [0.25, 0.3) is 0 Å². The summed E-state index contributed by atoms with van der Waals surface area (Å²) in [5, 5.41) is 4.93. The van der Waals surface area contributed by atoms with Gasteiger partial charge in [0.2, 0.25) is 0 Å². The second kappa shape index (κ2) is 14.1. The van der Waals surface area contributed by atoms with E-state index in [1.807, 2.05) is 0 Å². The molecule has 13 rings (SSSR count). The minimum absolute atomic E-state index is 0.754. The molecule has 0 amide bonds. The van der Waals surface area contributed by atoms with E-state index < -0.39 is 13.3 Å². The minimum atomic E-state index is -3.67. The molecule has 5 heteroatoms. The van der Waals surface area contributed by atoms with Crippen molar-refractivity contribution >= 4 is 74.6 Å². The van der Waals surface area contributed by atoms with Crippen LogP contribution in [0.25, 0.3) is 88.8 Å². The molecule has 4 nitrogen and oxygen atoms in total. The Morgan fingerprint density at radius 2 is 0.825 bits per heavy atom. The average Bonchev–Trinajstić information content (AvgIpc) is 3.98. The first-order valence-corrected chi connectivity index (χ1v) is 25.8. The maximum atomic E-state index is 5.69. The molecule has 63 heavy (non-hydrogen) atoms. The third-order valence-corrected chi connectivity index (χ3v) is 23.1. The Bertz CT molecular complexity index is 3670. The predicted molar refractivity (Wildman–Crippen MR) is 264 cm³/mol. The van der Waals surface area contributed by atoms with Crippen molar-refractivity contribution < 1.29 is 0 Å². The molecule has 0 saturated heterocycles. The molecule has 9 aromatic carbocycles. The standard InChI is InChI=1S/C58H38GeN4/c1-5-19-40(20-6-1)58-60-56(55-47-29-13-16-30-50(47)59(57(55)61-58,41-21-7-2-8-22-41)42-23-9-3-10-24-42)39-33-35-44(36-34-39)63-52-32-18-15-28-46(52)49-37-53-48(38-54(49)63)45-27-14-17-31-51(45)62(53)43-25-11-4-12-26-43/h1-38H. The SMILES string of the molecule is c1ccc(-c2nc(-c3ccc(-n4c5ccccc5c5cc6c(cc54)c4ccccc4n6-c4ccccc4)cc3)c3[c](n2)[Ge]([c]2ccccc2)([c]2ccccc2)[c]2ccccc2-3)cc1. The van der Waals surface area contributed by atoms with Gasteiger partial charge in [0.1, 0.15) is 0 Å². The molecule has 4 heterocycles. The summed E-state index contributed by atoms with van der Waals surface area (Å²) < 4.78 is 10.1. The van der Waals surface area contributed by atoms with Crippen LogP contribution in [-0.2, 0) is 0 Å². The Hall–Kier alpha value is -7.80. The van der Waals surface area contributed by atoms with E-state index in [2.05, 4.69) is 240 Å². The molecule has 0 atom stereocenters. The van der Waals surface area contributed by atoms with E-state index in [1.54, 1.807) is 0 Å². The quantitative estimate of drug-likeness (QED) is 0.156. The van der Waals surface area contributed by atoms with E-state index in [1.165, 1.54) is 66.9 Å². The van der Waals surface area contributed by atoms with Crippen LogP contribution in [0.1, 0.15) is 0 Å². The van der Waals surface area contributed by atoms with E-state index in [0.29, 0.717) is 0 Å². The molecule has 1 aliphatic heterocycles. The number of hydrogen-bond acceptors (Lipinski definition) is 2. The summed E-state index contributed by atoms with van der Waals surface area (Å²) in [6.07, 6.45) is 0. The van der Waals surface area contributed by atoms with Crippen LogP contribution in [0.2, 0.25) is 0 Å². The number of hydrogen-bond donors (Lipinski definition) is 0. The van der Waals surface area contributed by atoms with Gasteiger partial charge < -0.3 is 4.57 Å². The van der Waals surface area contributed by atoms with Gasteiger partial charge in [-0.05, 0) is 18.2 Å². The van der Waals surface area contributed by atoms with Gasteiger partial charge in [0, 0.05) is 5.69 Å². The number of nitrogens with zero attached hydrogens (tertiary/aromatic N) is 4. The fourth-order valence-corrected chi connectivity index (χ4v) is 21.0. The van der Waals surface area contributed by atoms with Crippen molar-refractivity contribution in [2.75, 3.05) is 0 Å². The molecule has 0 saturated carbocycles. The number of rotatable bonds is 6. The first-order valence-electron chi connectivity index (χ1n) is 21.6. The van der Waals surface area contributed by atoms with Crippen molar-refractivity contribution in [3.05, 3.63) is 231 Å². The van der Waals surface area contributed by atoms with Gasteiger partial charge in [-0.3, -0.25) is 0 Å². The van der Waals surface area contributed by atoms with Crippen LogP contribution in [0.4, 0.5) is 0 Å². The van der Waals surface area contributed by atoms with Crippen LogP contribution in [0.15, 0.2) is 231 Å². The van der Waals surface area contributed by atoms with Gasteiger partial charge in [-0.15, -0.1) is 0 Å². The summed E-state index contributed by atoms with van der Waals surface area (Å²) in [7, 11) is 0. The summed E-state index contributed by atoms with van der Waals surface area (Å²) in [5.41, 5.74) is 12.5. The molecule has 0 fully saturated rings. The summed E-state index contributed by atoms with van der Waals surface area (Å²) in [6, 6.07) is 84.0. The van der Waals surface area contributed by atoms with Crippen LogP contribution >= 0.6 is 0 Å². The fraction of sp³-hybridized carbons (Fsp3) is 0. The van der Waals surface area contributed by atoms with Crippen LogP contribution in [0.5, 0.6) is 0 Å². The zero-order valence-corrected chi connectivity index (χ0v) is 36.3. The van der Waals surface area contributed by atoms with E-state index in [4.69, 9.17) is 9.97 Å². The third-order valence-electron chi connectivity index (χ3n) is 13.2. The maximum absolute atomic E-state index is 5.69. The van der Waals surface area contributed by atoms with Crippen molar-refractivity contribution in [1.82, 2.24) is 19.1 Å². The molecule has 0 aliphatic carbocycles. The van der Waals surface area contributed by atoms with Crippen LogP contribution < -0.4 is 17.7 Å². The molecule has 0 spiro atoms. The molecule has 1 aliphatic rings. The van der Waals surface area contributed by atoms with Crippen LogP contribution in [0.3, 0.4) is 0 Å². The normalized spacial score (nSPS) is 12.9. The third kappa shape index (κ3) is 5.28. The molecule has 3 aromatic heterocycles. The zero-order chi connectivity index (χ0) is 41.5. The van der Waals surface area contributed by atoms with E-state index in [9.17, 15) is 0 Å².